The summed E-state index contributed by atoms with van der Waals surface area (Å²) < 4.78 is 27.5. The number of piperidine rings is 1. The number of aryl methyl sites for hydroxylation is 1. The number of carbonyl (C=O) groups is 1. The maximum atomic E-state index is 13.0. The number of sulfonamides is 1. The Morgan fingerprint density at radius 2 is 1.89 bits per heavy atom. The van der Waals surface area contributed by atoms with Crippen molar-refractivity contribution in [3.63, 3.8) is 0 Å². The maximum Gasteiger partial charge on any atom is 0.255 e. The highest BCUT2D eigenvalue weighted by molar-refractivity contribution is 7.89. The highest BCUT2D eigenvalue weighted by Crippen LogP contribution is 2.25. The first-order valence-electron chi connectivity index (χ1n) is 9.44. The van der Waals surface area contributed by atoms with Crippen LogP contribution in [-0.4, -0.2) is 31.2 Å². The van der Waals surface area contributed by atoms with Gasteiger partial charge >= 0.3 is 0 Å². The zero-order valence-electron chi connectivity index (χ0n) is 15.8. The SMILES string of the molecule is CCc1ccc(NC(=O)c2cccc(S(=O)(=O)N3CCCC[C@H]3C)c2)cc1. The van der Waals surface area contributed by atoms with Gasteiger partial charge in [0.05, 0.1) is 4.90 Å². The molecule has 1 heterocycles. The number of hydrogen-bond acceptors (Lipinski definition) is 3. The van der Waals surface area contributed by atoms with Crippen LogP contribution >= 0.6 is 0 Å². The quantitative estimate of drug-likeness (QED) is 0.842. The van der Waals surface area contributed by atoms with E-state index in [1.165, 1.54) is 11.6 Å². The molecule has 1 fully saturated rings. The van der Waals surface area contributed by atoms with Crippen LogP contribution in [0.5, 0.6) is 0 Å². The van der Waals surface area contributed by atoms with E-state index in [0.29, 0.717) is 17.8 Å². The predicted molar refractivity (Wildman–Crippen MR) is 107 cm³/mol. The Morgan fingerprint density at radius 3 is 2.56 bits per heavy atom. The molecule has 2 aromatic rings. The van der Waals surface area contributed by atoms with E-state index in [-0.39, 0.29) is 16.8 Å². The summed E-state index contributed by atoms with van der Waals surface area (Å²) in [5.74, 6) is -0.317. The molecule has 1 aliphatic rings. The van der Waals surface area contributed by atoms with Gasteiger partial charge in [-0.3, -0.25) is 4.79 Å². The number of benzene rings is 2. The van der Waals surface area contributed by atoms with E-state index in [1.54, 1.807) is 22.5 Å². The van der Waals surface area contributed by atoms with Crippen molar-refractivity contribution in [1.82, 2.24) is 4.31 Å². The number of nitrogens with one attached hydrogen (secondary N) is 1. The second-order valence-electron chi connectivity index (χ2n) is 6.99. The van der Waals surface area contributed by atoms with E-state index in [0.717, 1.165) is 25.7 Å². The largest absolute Gasteiger partial charge is 0.322 e. The van der Waals surface area contributed by atoms with Crippen molar-refractivity contribution in [1.29, 1.82) is 0 Å². The standard InChI is InChI=1S/C21H26N2O3S/c1-3-17-10-12-19(13-11-17)22-21(24)18-8-6-9-20(15-18)27(25,26)23-14-5-4-7-16(23)2/h6,8-13,15-16H,3-5,7,14H2,1-2H3,(H,22,24)/t16-/m1/s1. The van der Waals surface area contributed by atoms with E-state index in [4.69, 9.17) is 0 Å². The molecule has 6 heteroatoms. The molecular weight excluding hydrogens is 360 g/mol. The summed E-state index contributed by atoms with van der Waals surface area (Å²) in [6.45, 7) is 4.54. The minimum Gasteiger partial charge on any atom is -0.322 e. The van der Waals surface area contributed by atoms with Crippen molar-refractivity contribution in [2.75, 3.05) is 11.9 Å². The molecule has 0 radical (unpaired) electrons. The van der Waals surface area contributed by atoms with Crippen molar-refractivity contribution < 1.29 is 13.2 Å². The van der Waals surface area contributed by atoms with Gasteiger partial charge in [0.25, 0.3) is 5.91 Å². The van der Waals surface area contributed by atoms with Gasteiger partial charge in [0.15, 0.2) is 0 Å². The third-order valence-corrected chi connectivity index (χ3v) is 7.07. The summed E-state index contributed by atoms with van der Waals surface area (Å²) in [7, 11) is -3.60. The first-order valence-corrected chi connectivity index (χ1v) is 10.9. The van der Waals surface area contributed by atoms with E-state index in [2.05, 4.69) is 12.2 Å². The number of nitrogens with zero attached hydrogens (tertiary/aromatic N) is 1. The summed E-state index contributed by atoms with van der Waals surface area (Å²) in [6.07, 6.45) is 3.72. The van der Waals surface area contributed by atoms with Crippen molar-refractivity contribution in [3.05, 3.63) is 59.7 Å². The summed E-state index contributed by atoms with van der Waals surface area (Å²) in [5.41, 5.74) is 2.21. The number of rotatable bonds is 5. The molecule has 27 heavy (non-hydrogen) atoms. The van der Waals surface area contributed by atoms with Crippen molar-refractivity contribution in [2.45, 2.75) is 50.5 Å². The Labute approximate surface area is 161 Å². The molecule has 1 atom stereocenters. The lowest BCUT2D eigenvalue weighted by Crippen LogP contribution is -2.41. The summed E-state index contributed by atoms with van der Waals surface area (Å²) in [4.78, 5) is 12.7. The van der Waals surface area contributed by atoms with E-state index in [9.17, 15) is 13.2 Å². The first-order chi connectivity index (χ1) is 12.9. The van der Waals surface area contributed by atoms with Gasteiger partial charge in [-0.05, 0) is 62.1 Å². The van der Waals surface area contributed by atoms with Crippen LogP contribution in [0, 0.1) is 0 Å². The first kappa shape index (κ1) is 19.6. The molecule has 1 N–H and O–H groups in total. The molecule has 1 amide bonds. The lowest BCUT2D eigenvalue weighted by molar-refractivity contribution is 0.102. The fourth-order valence-electron chi connectivity index (χ4n) is 3.39. The monoisotopic (exact) mass is 386 g/mol. The second-order valence-corrected chi connectivity index (χ2v) is 8.88. The maximum absolute atomic E-state index is 13.0. The van der Waals surface area contributed by atoms with Crippen LogP contribution < -0.4 is 5.32 Å². The smallest absolute Gasteiger partial charge is 0.255 e. The molecule has 0 saturated carbocycles. The second kappa shape index (κ2) is 8.23. The predicted octanol–water partition coefficient (Wildman–Crippen LogP) is 4.06. The number of amides is 1. The van der Waals surface area contributed by atoms with Crippen molar-refractivity contribution >= 4 is 21.6 Å². The zero-order valence-corrected chi connectivity index (χ0v) is 16.6. The lowest BCUT2D eigenvalue weighted by atomic mass is 10.1. The van der Waals surface area contributed by atoms with Gasteiger partial charge in [0.2, 0.25) is 10.0 Å². The Bertz CT molecular complexity index is 907. The summed E-state index contributed by atoms with van der Waals surface area (Å²) in [6, 6.07) is 13.9. The average molecular weight is 387 g/mol. The van der Waals surface area contributed by atoms with Crippen molar-refractivity contribution in [2.24, 2.45) is 0 Å². The lowest BCUT2D eigenvalue weighted by Gasteiger charge is -2.32. The van der Waals surface area contributed by atoms with E-state index < -0.39 is 10.0 Å². The molecule has 0 aliphatic carbocycles. The van der Waals surface area contributed by atoms with Gasteiger partial charge in [-0.25, -0.2) is 8.42 Å². The molecule has 144 valence electrons. The number of carbonyl (C=O) groups excluding carboxylic acids is 1. The molecular formula is C21H26N2O3S. The highest BCUT2D eigenvalue weighted by Gasteiger charge is 2.31. The van der Waals surface area contributed by atoms with E-state index >= 15 is 0 Å². The Balaban J connectivity index is 1.80. The van der Waals surface area contributed by atoms with Gasteiger partial charge in [-0.15, -0.1) is 0 Å². The van der Waals surface area contributed by atoms with Crippen LogP contribution in [0.2, 0.25) is 0 Å². The molecule has 0 spiro atoms. The van der Waals surface area contributed by atoms with Gasteiger partial charge < -0.3 is 5.32 Å². The molecule has 0 aromatic heterocycles. The van der Waals surface area contributed by atoms with Crippen LogP contribution in [0.4, 0.5) is 5.69 Å². The number of anilines is 1. The molecule has 5 nitrogen and oxygen atoms in total. The summed E-state index contributed by atoms with van der Waals surface area (Å²) in [5, 5.41) is 2.83. The molecule has 2 aromatic carbocycles. The third-order valence-electron chi connectivity index (χ3n) is 5.06. The highest BCUT2D eigenvalue weighted by atomic mass is 32.2. The normalized spacial score (nSPS) is 18.2. The molecule has 0 bridgehead atoms. The Morgan fingerprint density at radius 1 is 1.15 bits per heavy atom. The molecule has 3 rings (SSSR count). The van der Waals surface area contributed by atoms with Crippen LogP contribution in [0.3, 0.4) is 0 Å². The van der Waals surface area contributed by atoms with Gasteiger partial charge in [0.1, 0.15) is 0 Å². The van der Waals surface area contributed by atoms with Crippen LogP contribution in [-0.2, 0) is 16.4 Å². The van der Waals surface area contributed by atoms with Crippen LogP contribution in [0.15, 0.2) is 53.4 Å². The number of hydrogen-bond donors (Lipinski definition) is 1. The molecule has 0 unspecified atom stereocenters. The summed E-state index contributed by atoms with van der Waals surface area (Å²) >= 11 is 0. The fraction of sp³-hybridized carbons (Fsp3) is 0.381. The molecule has 1 aliphatic heterocycles. The molecule has 1 saturated heterocycles. The van der Waals surface area contributed by atoms with Gasteiger partial charge in [0, 0.05) is 23.8 Å². The van der Waals surface area contributed by atoms with Crippen molar-refractivity contribution in [3.8, 4) is 0 Å². The third kappa shape index (κ3) is 4.39. The Hall–Kier alpha value is -2.18. The van der Waals surface area contributed by atoms with E-state index in [1.807, 2.05) is 31.2 Å². The average Bonchev–Trinajstić information content (AvgIpc) is 2.69. The minimum absolute atomic E-state index is 0.0155. The fourth-order valence-corrected chi connectivity index (χ4v) is 5.13. The van der Waals surface area contributed by atoms with Crippen LogP contribution in [0.1, 0.15) is 49.0 Å². The van der Waals surface area contributed by atoms with Crippen LogP contribution in [0.25, 0.3) is 0 Å². The minimum atomic E-state index is -3.60. The zero-order chi connectivity index (χ0) is 19.4. The van der Waals surface area contributed by atoms with Gasteiger partial charge in [-0.1, -0.05) is 31.5 Å². The van der Waals surface area contributed by atoms with Gasteiger partial charge in [-0.2, -0.15) is 4.31 Å². The topological polar surface area (TPSA) is 66.5 Å². The Kier molecular flexibility index (Phi) is 5.97.